The smallest absolute Gasteiger partial charge is 0.180 e. The van der Waals surface area contributed by atoms with Crippen molar-refractivity contribution in [3.8, 4) is 57.3 Å². The second-order valence-electron chi connectivity index (χ2n) is 11.2. The minimum absolute atomic E-state index is 0.0259. The van der Waals surface area contributed by atoms with Gasteiger partial charge in [0.25, 0.3) is 0 Å². The molecule has 0 aliphatic heterocycles. The van der Waals surface area contributed by atoms with Gasteiger partial charge in [-0.25, -0.2) is 15.0 Å². The molecule has 0 aliphatic rings. The Bertz CT molecular complexity index is 1730. The van der Waals surface area contributed by atoms with Crippen molar-refractivity contribution >= 4 is 0 Å². The van der Waals surface area contributed by atoms with Gasteiger partial charge in [-0.15, -0.1) is 0 Å². The van der Waals surface area contributed by atoms with Gasteiger partial charge in [0.05, 0.1) is 23.4 Å². The number of hydrogen-bond acceptors (Lipinski definition) is 7. The SMILES string of the molecule is CCCCC(CC)COc1ccc(-c2nc(-c3ccc(O)c(C)c3O)nc(-c3cccn3Cc3ccccc3)n2)c(O)c1C. The topological polar surface area (TPSA) is 114 Å². The molecular weight excluding hydrogens is 552 g/mol. The van der Waals surface area contributed by atoms with Crippen molar-refractivity contribution in [1.29, 1.82) is 0 Å². The first kappa shape index (κ1) is 30.6. The highest BCUT2D eigenvalue weighted by molar-refractivity contribution is 5.74. The molecule has 0 bridgehead atoms. The average Bonchev–Trinajstić information content (AvgIpc) is 3.50. The lowest BCUT2D eigenvalue weighted by atomic mass is 10.0. The highest BCUT2D eigenvalue weighted by Crippen LogP contribution is 2.39. The summed E-state index contributed by atoms with van der Waals surface area (Å²) in [6, 6.07) is 20.6. The zero-order chi connectivity index (χ0) is 31.2. The van der Waals surface area contributed by atoms with Gasteiger partial charge >= 0.3 is 0 Å². The number of ether oxygens (including phenoxy) is 1. The Kier molecular flexibility index (Phi) is 9.48. The molecule has 5 aromatic rings. The molecule has 0 spiro atoms. The van der Waals surface area contributed by atoms with Gasteiger partial charge in [-0.1, -0.05) is 63.4 Å². The minimum Gasteiger partial charge on any atom is -0.508 e. The summed E-state index contributed by atoms with van der Waals surface area (Å²) in [5.74, 6) is 1.82. The summed E-state index contributed by atoms with van der Waals surface area (Å²) in [5.41, 5.74) is 3.57. The minimum atomic E-state index is -0.120. The third-order valence-corrected chi connectivity index (χ3v) is 8.17. The Morgan fingerprint density at radius 3 is 2.09 bits per heavy atom. The summed E-state index contributed by atoms with van der Waals surface area (Å²) in [5, 5.41) is 32.5. The highest BCUT2D eigenvalue weighted by Gasteiger charge is 2.21. The number of aromatic nitrogens is 4. The molecule has 44 heavy (non-hydrogen) atoms. The number of phenols is 3. The Morgan fingerprint density at radius 2 is 1.41 bits per heavy atom. The van der Waals surface area contributed by atoms with Crippen LogP contribution in [0, 0.1) is 19.8 Å². The molecule has 0 amide bonds. The van der Waals surface area contributed by atoms with Gasteiger partial charge in [0.2, 0.25) is 0 Å². The molecule has 8 heteroatoms. The summed E-state index contributed by atoms with van der Waals surface area (Å²) >= 11 is 0. The highest BCUT2D eigenvalue weighted by atomic mass is 16.5. The van der Waals surface area contributed by atoms with Crippen molar-refractivity contribution < 1.29 is 20.1 Å². The standard InChI is InChI=1S/C36H40N4O4/c1-5-7-12-25(6-2)22-44-31-19-17-28(33(43)24(31)4)35-37-34(27-16-18-30(41)23(3)32(27)42)38-36(39-35)29-15-11-20-40(29)21-26-13-9-8-10-14-26/h8-11,13-20,25,41-43H,5-7,12,21-22H2,1-4H3. The third-order valence-electron chi connectivity index (χ3n) is 8.17. The van der Waals surface area contributed by atoms with E-state index in [4.69, 9.17) is 19.7 Å². The van der Waals surface area contributed by atoms with Crippen molar-refractivity contribution in [3.05, 3.63) is 89.6 Å². The quantitative estimate of drug-likeness (QED) is 0.134. The largest absolute Gasteiger partial charge is 0.508 e. The average molecular weight is 593 g/mol. The predicted octanol–water partition coefficient (Wildman–Crippen LogP) is 8.05. The van der Waals surface area contributed by atoms with Crippen molar-refractivity contribution in [2.24, 2.45) is 5.92 Å². The maximum absolute atomic E-state index is 11.4. The van der Waals surface area contributed by atoms with Gasteiger partial charge in [0.15, 0.2) is 17.5 Å². The van der Waals surface area contributed by atoms with E-state index in [1.165, 1.54) is 12.5 Å². The first-order valence-corrected chi connectivity index (χ1v) is 15.2. The Morgan fingerprint density at radius 1 is 0.750 bits per heavy atom. The van der Waals surface area contributed by atoms with Gasteiger partial charge < -0.3 is 24.6 Å². The Hall–Kier alpha value is -4.85. The first-order chi connectivity index (χ1) is 21.3. The number of rotatable bonds is 12. The molecule has 0 aliphatic carbocycles. The van der Waals surface area contributed by atoms with E-state index in [2.05, 4.69) is 26.0 Å². The molecule has 0 fully saturated rings. The fourth-order valence-corrected chi connectivity index (χ4v) is 5.26. The lowest BCUT2D eigenvalue weighted by Crippen LogP contribution is -2.12. The summed E-state index contributed by atoms with van der Waals surface area (Å²) in [4.78, 5) is 14.3. The van der Waals surface area contributed by atoms with Gasteiger partial charge in [0, 0.05) is 23.9 Å². The number of unbranched alkanes of at least 4 members (excludes halogenated alkanes) is 1. The fourth-order valence-electron chi connectivity index (χ4n) is 5.26. The van der Waals surface area contributed by atoms with Crippen LogP contribution in [0.5, 0.6) is 23.0 Å². The third kappa shape index (κ3) is 6.54. The number of nitrogens with zero attached hydrogens (tertiary/aromatic N) is 4. The van der Waals surface area contributed by atoms with Crippen LogP contribution in [-0.2, 0) is 6.54 Å². The number of hydrogen-bond donors (Lipinski definition) is 3. The normalized spacial score (nSPS) is 11.9. The Balaban J connectivity index is 1.58. The summed E-state index contributed by atoms with van der Waals surface area (Å²) in [6.45, 7) is 9.02. The van der Waals surface area contributed by atoms with Crippen LogP contribution < -0.4 is 4.74 Å². The molecule has 0 radical (unpaired) electrons. The lowest BCUT2D eigenvalue weighted by molar-refractivity contribution is 0.231. The van der Waals surface area contributed by atoms with Crippen molar-refractivity contribution in [1.82, 2.24) is 19.5 Å². The zero-order valence-electron chi connectivity index (χ0n) is 25.8. The molecule has 228 valence electrons. The predicted molar refractivity (Wildman–Crippen MR) is 173 cm³/mol. The van der Waals surface area contributed by atoms with E-state index in [0.717, 1.165) is 30.5 Å². The van der Waals surface area contributed by atoms with E-state index in [1.54, 1.807) is 19.1 Å². The molecule has 2 heterocycles. The van der Waals surface area contributed by atoms with Gasteiger partial charge in [-0.3, -0.25) is 0 Å². The fraction of sp³-hybridized carbons (Fsp3) is 0.306. The molecule has 2 aromatic heterocycles. The van der Waals surface area contributed by atoms with Crippen LogP contribution >= 0.6 is 0 Å². The lowest BCUT2D eigenvalue weighted by Gasteiger charge is -2.18. The van der Waals surface area contributed by atoms with Gasteiger partial charge in [0.1, 0.15) is 23.0 Å². The molecule has 1 atom stereocenters. The van der Waals surface area contributed by atoms with Crippen LogP contribution in [0.4, 0.5) is 0 Å². The van der Waals surface area contributed by atoms with E-state index >= 15 is 0 Å². The van der Waals surface area contributed by atoms with Gasteiger partial charge in [-0.2, -0.15) is 0 Å². The van der Waals surface area contributed by atoms with Crippen LogP contribution in [0.15, 0.2) is 72.9 Å². The van der Waals surface area contributed by atoms with Crippen LogP contribution in [0.3, 0.4) is 0 Å². The summed E-state index contributed by atoms with van der Waals surface area (Å²) in [6.07, 6.45) is 6.43. The summed E-state index contributed by atoms with van der Waals surface area (Å²) < 4.78 is 8.22. The molecule has 5 rings (SSSR count). The number of aromatic hydroxyl groups is 3. The Labute approximate surface area is 258 Å². The molecule has 0 saturated heterocycles. The molecule has 3 N–H and O–H groups in total. The zero-order valence-corrected chi connectivity index (χ0v) is 25.8. The van der Waals surface area contributed by atoms with Crippen molar-refractivity contribution in [3.63, 3.8) is 0 Å². The number of phenolic OH excluding ortho intramolecular Hbond substituents is 3. The van der Waals surface area contributed by atoms with E-state index < -0.39 is 0 Å². The molecule has 3 aromatic carbocycles. The number of benzene rings is 3. The second-order valence-corrected chi connectivity index (χ2v) is 11.2. The maximum atomic E-state index is 11.4. The van der Waals surface area contributed by atoms with Gasteiger partial charge in [-0.05, 0) is 68.1 Å². The summed E-state index contributed by atoms with van der Waals surface area (Å²) in [7, 11) is 0. The van der Waals surface area contributed by atoms with E-state index in [9.17, 15) is 15.3 Å². The molecule has 1 unspecified atom stereocenters. The molecule has 0 saturated carbocycles. The van der Waals surface area contributed by atoms with Crippen molar-refractivity contribution in [2.75, 3.05) is 6.61 Å². The molecular formula is C36H40N4O4. The molecule has 8 nitrogen and oxygen atoms in total. The van der Waals surface area contributed by atoms with E-state index in [1.807, 2.05) is 54.1 Å². The van der Waals surface area contributed by atoms with Crippen LogP contribution in [-0.4, -0.2) is 41.4 Å². The van der Waals surface area contributed by atoms with Crippen LogP contribution in [0.1, 0.15) is 56.2 Å². The van der Waals surface area contributed by atoms with E-state index in [0.29, 0.717) is 52.9 Å². The second kappa shape index (κ2) is 13.6. The first-order valence-electron chi connectivity index (χ1n) is 15.2. The van der Waals surface area contributed by atoms with E-state index in [-0.39, 0.29) is 28.9 Å². The van der Waals surface area contributed by atoms with Crippen molar-refractivity contribution in [2.45, 2.75) is 59.9 Å². The van der Waals surface area contributed by atoms with Crippen LogP contribution in [0.25, 0.3) is 34.3 Å². The monoisotopic (exact) mass is 592 g/mol. The van der Waals surface area contributed by atoms with Crippen LogP contribution in [0.2, 0.25) is 0 Å². The maximum Gasteiger partial charge on any atom is 0.180 e.